The van der Waals surface area contributed by atoms with Gasteiger partial charge in [0, 0.05) is 48.2 Å². The number of amides is 1. The smallest absolute Gasteiger partial charge is 0.238 e. The molecule has 2 aliphatic rings. The summed E-state index contributed by atoms with van der Waals surface area (Å²) in [6, 6.07) is 16.2. The molecule has 2 aliphatic heterocycles. The van der Waals surface area contributed by atoms with Crippen LogP contribution in [0.1, 0.15) is 47.9 Å². The minimum atomic E-state index is -3.38. The number of halogens is 4. The van der Waals surface area contributed by atoms with Crippen LogP contribution in [0.3, 0.4) is 0 Å². The average molecular weight is 676 g/mol. The average Bonchev–Trinajstić information content (AvgIpc) is 3.22. The molecule has 1 unspecified atom stereocenters. The lowest BCUT2D eigenvalue weighted by Crippen LogP contribution is -2.52. The first kappa shape index (κ1) is 33.3. The van der Waals surface area contributed by atoms with Crippen LogP contribution in [0.4, 0.5) is 8.78 Å². The molecule has 3 aromatic carbocycles. The molecule has 0 aliphatic carbocycles. The number of nitrogens with one attached hydrogen (secondary N) is 1. The van der Waals surface area contributed by atoms with Crippen molar-refractivity contribution in [3.63, 3.8) is 0 Å². The van der Waals surface area contributed by atoms with Gasteiger partial charge in [-0.2, -0.15) is 5.26 Å². The fraction of sp³-hybridized carbons (Fsp3) is 0.394. The Morgan fingerprint density at radius 2 is 1.78 bits per heavy atom. The largest absolute Gasteiger partial charge is 0.352 e. The molecule has 4 atom stereocenters. The van der Waals surface area contributed by atoms with E-state index in [-0.39, 0.29) is 46.8 Å². The van der Waals surface area contributed by atoms with Gasteiger partial charge in [0.15, 0.2) is 0 Å². The molecular formula is C33H34Cl2F2N4O3S. The van der Waals surface area contributed by atoms with Crippen molar-refractivity contribution >= 4 is 39.1 Å². The lowest BCUT2D eigenvalue weighted by atomic mass is 9.65. The van der Waals surface area contributed by atoms with Gasteiger partial charge in [-0.1, -0.05) is 71.2 Å². The number of hydrogen-bond acceptors (Lipinski definition) is 5. The van der Waals surface area contributed by atoms with E-state index in [0.717, 1.165) is 23.4 Å². The van der Waals surface area contributed by atoms with E-state index in [2.05, 4.69) is 11.4 Å². The number of carbonyl (C=O) groups excluding carboxylic acids is 1. The van der Waals surface area contributed by atoms with Gasteiger partial charge in [-0.3, -0.25) is 9.69 Å². The lowest BCUT2D eigenvalue weighted by molar-refractivity contribution is -0.127. The molecule has 2 saturated heterocycles. The third-order valence-electron chi connectivity index (χ3n) is 9.18. The highest BCUT2D eigenvalue weighted by Crippen LogP contribution is 2.54. The van der Waals surface area contributed by atoms with E-state index in [0.29, 0.717) is 12.8 Å². The molecule has 0 spiro atoms. The van der Waals surface area contributed by atoms with Gasteiger partial charge in [0.2, 0.25) is 15.9 Å². The van der Waals surface area contributed by atoms with Crippen LogP contribution in [0.2, 0.25) is 10.0 Å². The van der Waals surface area contributed by atoms with Gasteiger partial charge in [-0.25, -0.2) is 21.5 Å². The van der Waals surface area contributed by atoms with Crippen LogP contribution >= 0.6 is 23.2 Å². The number of benzene rings is 3. The van der Waals surface area contributed by atoms with Crippen LogP contribution in [0.15, 0.2) is 60.7 Å². The standard InChI is InChI=1S/C33H34Cl2F2N4O3S/c1-20-6-4-7-22(16-20)18-41-21(2)33(19-38,26-11-10-23(34)17-28(26)36)29(25-8-5-9-27(35)30(25)37)31(41)32(42)39-24-12-14-40(15-13-24)45(3,43)44/h4-11,16-17,21,24,29,31H,12-15,18H2,1-3H3,(H,39,42)/t21?,29-,31+,33+/m0/s1. The fourth-order valence-corrected chi connectivity index (χ4v) is 8.21. The first-order chi connectivity index (χ1) is 21.3. The van der Waals surface area contributed by atoms with Gasteiger partial charge in [-0.15, -0.1) is 0 Å². The Bertz CT molecular complexity index is 1760. The first-order valence-electron chi connectivity index (χ1n) is 14.7. The van der Waals surface area contributed by atoms with E-state index >= 15 is 8.78 Å². The molecule has 2 fully saturated rings. The zero-order valence-electron chi connectivity index (χ0n) is 25.1. The summed E-state index contributed by atoms with van der Waals surface area (Å²) in [4.78, 5) is 16.3. The Morgan fingerprint density at radius 1 is 1.09 bits per heavy atom. The Morgan fingerprint density at radius 3 is 2.40 bits per heavy atom. The monoisotopic (exact) mass is 674 g/mol. The Hall–Kier alpha value is -3.07. The molecule has 238 valence electrons. The maximum Gasteiger partial charge on any atom is 0.238 e. The molecule has 3 aromatic rings. The number of nitriles is 1. The maximum absolute atomic E-state index is 16.0. The van der Waals surface area contributed by atoms with E-state index < -0.39 is 51.0 Å². The molecule has 1 amide bonds. The minimum absolute atomic E-state index is 0.00252. The predicted octanol–water partition coefficient (Wildman–Crippen LogP) is 5.94. The van der Waals surface area contributed by atoms with Crippen LogP contribution in [-0.2, 0) is 26.8 Å². The van der Waals surface area contributed by atoms with Gasteiger partial charge in [-0.05, 0) is 56.0 Å². The topological polar surface area (TPSA) is 93.5 Å². The molecule has 0 saturated carbocycles. The summed E-state index contributed by atoms with van der Waals surface area (Å²) in [5, 5.41) is 14.1. The van der Waals surface area contributed by atoms with Crippen LogP contribution < -0.4 is 5.32 Å². The van der Waals surface area contributed by atoms with Crippen molar-refractivity contribution < 1.29 is 22.0 Å². The number of likely N-dealkylation sites (tertiary alicyclic amines) is 1. The second-order valence-electron chi connectivity index (χ2n) is 12.0. The zero-order valence-corrected chi connectivity index (χ0v) is 27.4. The molecule has 7 nitrogen and oxygen atoms in total. The summed E-state index contributed by atoms with van der Waals surface area (Å²) in [5.74, 6) is -3.19. The normalized spacial score (nSPS) is 24.8. The molecular weight excluding hydrogens is 641 g/mol. The van der Waals surface area contributed by atoms with Crippen molar-refractivity contribution in [2.24, 2.45) is 0 Å². The SMILES string of the molecule is Cc1cccc(CN2C(C)[C@](C#N)(c3ccc(Cl)cc3F)[C@@H](c3cccc(Cl)c3F)[C@@H]2C(=O)NC2CCN(S(C)(=O)=O)CC2)c1. The highest BCUT2D eigenvalue weighted by molar-refractivity contribution is 7.88. The molecule has 0 aromatic heterocycles. The molecule has 5 rings (SSSR count). The van der Waals surface area contributed by atoms with E-state index in [1.807, 2.05) is 36.1 Å². The van der Waals surface area contributed by atoms with E-state index in [1.165, 1.54) is 28.6 Å². The van der Waals surface area contributed by atoms with Crippen LogP contribution in [0.25, 0.3) is 0 Å². The van der Waals surface area contributed by atoms with Gasteiger partial charge in [0.25, 0.3) is 0 Å². The second-order valence-corrected chi connectivity index (χ2v) is 14.8. The van der Waals surface area contributed by atoms with Gasteiger partial charge >= 0.3 is 0 Å². The summed E-state index contributed by atoms with van der Waals surface area (Å²) in [6.07, 6.45) is 1.91. The summed E-state index contributed by atoms with van der Waals surface area (Å²) in [5.41, 5.74) is 0.120. The van der Waals surface area contributed by atoms with Crippen molar-refractivity contribution in [2.75, 3.05) is 19.3 Å². The zero-order chi connectivity index (χ0) is 32.7. The highest BCUT2D eigenvalue weighted by atomic mass is 35.5. The molecule has 2 heterocycles. The van der Waals surface area contributed by atoms with Crippen LogP contribution in [-0.4, -0.2) is 61.0 Å². The van der Waals surface area contributed by atoms with E-state index in [1.54, 1.807) is 13.0 Å². The van der Waals surface area contributed by atoms with Gasteiger partial charge in [0.1, 0.15) is 17.0 Å². The number of hydrogen-bond donors (Lipinski definition) is 1. The Balaban J connectivity index is 1.67. The third kappa shape index (κ3) is 6.34. The number of rotatable bonds is 7. The molecule has 1 N–H and O–H groups in total. The number of carbonyl (C=O) groups is 1. The lowest BCUT2D eigenvalue weighted by Gasteiger charge is -2.35. The summed E-state index contributed by atoms with van der Waals surface area (Å²) >= 11 is 12.4. The summed E-state index contributed by atoms with van der Waals surface area (Å²) in [7, 11) is -3.38. The number of aryl methyl sites for hydroxylation is 1. The molecule has 0 radical (unpaired) electrons. The van der Waals surface area contributed by atoms with E-state index in [9.17, 15) is 18.5 Å². The van der Waals surface area contributed by atoms with E-state index in [4.69, 9.17) is 23.2 Å². The Labute approximate surface area is 272 Å². The van der Waals surface area contributed by atoms with Crippen molar-refractivity contribution in [2.45, 2.75) is 62.7 Å². The predicted molar refractivity (Wildman–Crippen MR) is 170 cm³/mol. The molecule has 0 bridgehead atoms. The van der Waals surface area contributed by atoms with Gasteiger partial charge in [0.05, 0.1) is 23.4 Å². The number of nitrogens with zero attached hydrogens (tertiary/aromatic N) is 3. The first-order valence-corrected chi connectivity index (χ1v) is 17.3. The molecule has 12 heteroatoms. The maximum atomic E-state index is 16.0. The minimum Gasteiger partial charge on any atom is -0.352 e. The second kappa shape index (κ2) is 13.0. The van der Waals surface area contributed by atoms with Crippen molar-refractivity contribution in [1.82, 2.24) is 14.5 Å². The molecule has 45 heavy (non-hydrogen) atoms. The number of piperidine rings is 1. The summed E-state index contributed by atoms with van der Waals surface area (Å²) < 4.78 is 57.4. The van der Waals surface area contributed by atoms with Crippen molar-refractivity contribution in [3.8, 4) is 6.07 Å². The van der Waals surface area contributed by atoms with Gasteiger partial charge < -0.3 is 5.32 Å². The Kier molecular flexibility index (Phi) is 9.60. The highest BCUT2D eigenvalue weighted by Gasteiger charge is 2.63. The number of sulfonamides is 1. The quantitative estimate of drug-likeness (QED) is 0.335. The van der Waals surface area contributed by atoms with Crippen LogP contribution in [0.5, 0.6) is 0 Å². The van der Waals surface area contributed by atoms with Crippen molar-refractivity contribution in [3.05, 3.63) is 105 Å². The van der Waals surface area contributed by atoms with Crippen molar-refractivity contribution in [1.29, 1.82) is 5.26 Å². The third-order valence-corrected chi connectivity index (χ3v) is 11.0. The summed E-state index contributed by atoms with van der Waals surface area (Å²) in [6.45, 7) is 4.38. The van der Waals surface area contributed by atoms with Crippen LogP contribution in [0, 0.1) is 29.9 Å². The fourth-order valence-electron chi connectivity index (χ4n) is 7.00.